The highest BCUT2D eigenvalue weighted by atomic mass is 16.5. The van der Waals surface area contributed by atoms with Crippen LogP contribution in [0.2, 0.25) is 0 Å². The zero-order valence-electron chi connectivity index (χ0n) is 8.94. The molecule has 86 valence electrons. The lowest BCUT2D eigenvalue weighted by atomic mass is 9.97. The van der Waals surface area contributed by atoms with E-state index in [9.17, 15) is 9.59 Å². The number of nitrogens with zero attached hydrogens (tertiary/aromatic N) is 1. The molecule has 1 rings (SSSR count). The van der Waals surface area contributed by atoms with E-state index in [-0.39, 0.29) is 17.8 Å². The van der Waals surface area contributed by atoms with Gasteiger partial charge in [-0.15, -0.1) is 0 Å². The van der Waals surface area contributed by atoms with Crippen molar-refractivity contribution < 1.29 is 19.4 Å². The lowest BCUT2D eigenvalue weighted by molar-refractivity contribution is -0.151. The maximum absolute atomic E-state index is 11.4. The van der Waals surface area contributed by atoms with E-state index in [0.717, 1.165) is 0 Å². The van der Waals surface area contributed by atoms with Crippen molar-refractivity contribution in [2.75, 3.05) is 26.3 Å². The number of hydrogen-bond acceptors (Lipinski definition) is 4. The number of esters is 1. The van der Waals surface area contributed by atoms with Crippen LogP contribution in [0.1, 0.15) is 19.8 Å². The van der Waals surface area contributed by atoms with Crippen molar-refractivity contribution in [2.45, 2.75) is 19.8 Å². The first-order valence-corrected chi connectivity index (χ1v) is 5.24. The number of ether oxygens (including phenoxy) is 1. The van der Waals surface area contributed by atoms with Crippen LogP contribution in [0.4, 0.5) is 0 Å². The van der Waals surface area contributed by atoms with E-state index in [1.165, 1.54) is 0 Å². The highest BCUT2D eigenvalue weighted by molar-refractivity contribution is 5.78. The molecule has 0 spiro atoms. The fraction of sp³-hybridized carbons (Fsp3) is 0.800. The van der Waals surface area contributed by atoms with Crippen molar-refractivity contribution in [3.8, 4) is 0 Å². The number of carbonyl (C=O) groups is 2. The molecular weight excluding hydrogens is 198 g/mol. The van der Waals surface area contributed by atoms with Gasteiger partial charge in [-0.2, -0.15) is 0 Å². The summed E-state index contributed by atoms with van der Waals surface area (Å²) in [6.07, 6.45) is 1.26. The summed E-state index contributed by atoms with van der Waals surface area (Å²) in [5.41, 5.74) is 0. The van der Waals surface area contributed by atoms with E-state index in [1.54, 1.807) is 11.8 Å². The number of amides is 1. The monoisotopic (exact) mass is 215 g/mol. The first kappa shape index (κ1) is 12.0. The van der Waals surface area contributed by atoms with E-state index < -0.39 is 6.61 Å². The highest BCUT2D eigenvalue weighted by Gasteiger charge is 2.27. The molecule has 1 aliphatic rings. The SMILES string of the molecule is CCOC(=O)C1CCN(C(=O)CO)CC1. The van der Waals surface area contributed by atoms with Gasteiger partial charge in [0.2, 0.25) is 5.91 Å². The molecule has 5 nitrogen and oxygen atoms in total. The minimum absolute atomic E-state index is 0.0901. The third-order valence-electron chi connectivity index (χ3n) is 2.60. The van der Waals surface area contributed by atoms with Crippen LogP contribution < -0.4 is 0 Å². The molecule has 1 aliphatic heterocycles. The summed E-state index contributed by atoms with van der Waals surface area (Å²) < 4.78 is 4.91. The van der Waals surface area contributed by atoms with E-state index in [2.05, 4.69) is 0 Å². The van der Waals surface area contributed by atoms with E-state index in [0.29, 0.717) is 32.5 Å². The Balaban J connectivity index is 2.35. The number of aliphatic hydroxyl groups is 1. The summed E-state index contributed by atoms with van der Waals surface area (Å²) in [4.78, 5) is 24.1. The molecule has 0 bridgehead atoms. The predicted octanol–water partition coefficient (Wildman–Crippen LogP) is -0.220. The first-order chi connectivity index (χ1) is 7.19. The normalized spacial score (nSPS) is 17.6. The van der Waals surface area contributed by atoms with Gasteiger partial charge in [-0.1, -0.05) is 0 Å². The van der Waals surface area contributed by atoms with Crippen LogP contribution in [0.15, 0.2) is 0 Å². The van der Waals surface area contributed by atoms with Gasteiger partial charge in [0.25, 0.3) is 0 Å². The molecule has 0 aliphatic carbocycles. The third kappa shape index (κ3) is 3.20. The largest absolute Gasteiger partial charge is 0.466 e. The standard InChI is InChI=1S/C10H17NO4/c1-2-15-10(14)8-3-5-11(6-4-8)9(13)7-12/h8,12H,2-7H2,1H3. The first-order valence-electron chi connectivity index (χ1n) is 5.24. The van der Waals surface area contributed by atoms with Crippen LogP contribution in [0.5, 0.6) is 0 Å². The molecule has 1 amide bonds. The van der Waals surface area contributed by atoms with Crippen LogP contribution >= 0.6 is 0 Å². The van der Waals surface area contributed by atoms with Crippen molar-refractivity contribution in [1.82, 2.24) is 4.90 Å². The fourth-order valence-corrected chi connectivity index (χ4v) is 1.72. The van der Waals surface area contributed by atoms with Gasteiger partial charge in [0, 0.05) is 13.1 Å². The Hall–Kier alpha value is -1.10. The van der Waals surface area contributed by atoms with Gasteiger partial charge in [0.05, 0.1) is 12.5 Å². The van der Waals surface area contributed by atoms with E-state index >= 15 is 0 Å². The second kappa shape index (κ2) is 5.70. The van der Waals surface area contributed by atoms with E-state index in [1.807, 2.05) is 0 Å². The molecule has 15 heavy (non-hydrogen) atoms. The summed E-state index contributed by atoms with van der Waals surface area (Å²) in [7, 11) is 0. The molecule has 1 heterocycles. The second-order valence-electron chi connectivity index (χ2n) is 3.57. The summed E-state index contributed by atoms with van der Waals surface area (Å²) in [6, 6.07) is 0. The molecule has 5 heteroatoms. The van der Waals surface area contributed by atoms with Gasteiger partial charge >= 0.3 is 5.97 Å². The van der Waals surface area contributed by atoms with Crippen molar-refractivity contribution in [1.29, 1.82) is 0 Å². The Morgan fingerprint density at radius 1 is 1.40 bits per heavy atom. The van der Waals surface area contributed by atoms with Crippen LogP contribution in [0, 0.1) is 5.92 Å². The average molecular weight is 215 g/mol. The van der Waals surface area contributed by atoms with Crippen LogP contribution in [0.3, 0.4) is 0 Å². The van der Waals surface area contributed by atoms with Crippen LogP contribution in [-0.2, 0) is 14.3 Å². The number of aliphatic hydroxyl groups excluding tert-OH is 1. The van der Waals surface area contributed by atoms with Crippen LogP contribution in [0.25, 0.3) is 0 Å². The zero-order valence-corrected chi connectivity index (χ0v) is 8.94. The predicted molar refractivity (Wildman–Crippen MR) is 53.0 cm³/mol. The fourth-order valence-electron chi connectivity index (χ4n) is 1.72. The second-order valence-corrected chi connectivity index (χ2v) is 3.57. The van der Waals surface area contributed by atoms with Gasteiger partial charge in [-0.05, 0) is 19.8 Å². The van der Waals surface area contributed by atoms with Crippen molar-refractivity contribution in [3.63, 3.8) is 0 Å². The van der Waals surface area contributed by atoms with E-state index in [4.69, 9.17) is 9.84 Å². The molecule has 0 atom stereocenters. The quantitative estimate of drug-likeness (QED) is 0.661. The third-order valence-corrected chi connectivity index (χ3v) is 2.60. The molecular formula is C10H17NO4. The molecule has 1 N–H and O–H groups in total. The molecule has 0 aromatic rings. The molecule has 1 fully saturated rings. The smallest absolute Gasteiger partial charge is 0.309 e. The van der Waals surface area contributed by atoms with Gasteiger partial charge in [-0.3, -0.25) is 9.59 Å². The van der Waals surface area contributed by atoms with Gasteiger partial charge < -0.3 is 14.7 Å². The summed E-state index contributed by atoms with van der Waals surface area (Å²) in [5, 5.41) is 8.66. The maximum atomic E-state index is 11.4. The lowest BCUT2D eigenvalue weighted by Gasteiger charge is -2.30. The zero-order chi connectivity index (χ0) is 11.3. The van der Waals surface area contributed by atoms with Crippen molar-refractivity contribution in [3.05, 3.63) is 0 Å². The number of rotatable bonds is 3. The molecule has 0 radical (unpaired) electrons. The Morgan fingerprint density at radius 2 is 2.00 bits per heavy atom. The summed E-state index contributed by atoms with van der Waals surface area (Å²) >= 11 is 0. The topological polar surface area (TPSA) is 66.8 Å². The van der Waals surface area contributed by atoms with Crippen molar-refractivity contribution >= 4 is 11.9 Å². The number of likely N-dealkylation sites (tertiary alicyclic amines) is 1. The number of carbonyl (C=O) groups excluding carboxylic acids is 2. The molecule has 1 saturated heterocycles. The number of piperidine rings is 1. The van der Waals surface area contributed by atoms with Crippen LogP contribution in [-0.4, -0.2) is 48.2 Å². The number of hydrogen-bond donors (Lipinski definition) is 1. The van der Waals surface area contributed by atoms with Crippen molar-refractivity contribution in [2.24, 2.45) is 5.92 Å². The highest BCUT2D eigenvalue weighted by Crippen LogP contribution is 2.18. The molecule has 0 unspecified atom stereocenters. The Bertz CT molecular complexity index is 234. The average Bonchev–Trinajstić information content (AvgIpc) is 2.28. The molecule has 0 saturated carbocycles. The lowest BCUT2D eigenvalue weighted by Crippen LogP contribution is -2.41. The summed E-state index contributed by atoms with van der Waals surface area (Å²) in [5.74, 6) is -0.529. The maximum Gasteiger partial charge on any atom is 0.309 e. The molecule has 0 aromatic carbocycles. The Morgan fingerprint density at radius 3 is 2.47 bits per heavy atom. The minimum atomic E-state index is -0.454. The van der Waals surface area contributed by atoms with Gasteiger partial charge in [0.15, 0.2) is 0 Å². The van der Waals surface area contributed by atoms with Gasteiger partial charge in [0.1, 0.15) is 6.61 Å². The molecule has 0 aromatic heterocycles. The Labute approximate surface area is 89.0 Å². The minimum Gasteiger partial charge on any atom is -0.466 e. The van der Waals surface area contributed by atoms with Gasteiger partial charge in [-0.25, -0.2) is 0 Å². The Kier molecular flexibility index (Phi) is 4.55. The summed E-state index contributed by atoms with van der Waals surface area (Å²) in [6.45, 7) is 2.78.